The van der Waals surface area contributed by atoms with Crippen LogP contribution in [-0.2, 0) is 4.74 Å². The van der Waals surface area contributed by atoms with E-state index in [4.69, 9.17) is 27.9 Å². The molecule has 2 rings (SSSR count). The predicted molar refractivity (Wildman–Crippen MR) is 90.5 cm³/mol. The molecule has 2 nitrogen and oxygen atoms in total. The molecule has 0 amide bonds. The van der Waals surface area contributed by atoms with Gasteiger partial charge in [-0.2, -0.15) is 0 Å². The molecule has 118 valence electrons. The lowest BCUT2D eigenvalue weighted by atomic mass is 9.81. The smallest absolute Gasteiger partial charge is 0.0595 e. The molecule has 4 heteroatoms. The highest BCUT2D eigenvalue weighted by molar-refractivity contribution is 6.42. The Kier molecular flexibility index (Phi) is 6.36. The lowest BCUT2D eigenvalue weighted by Gasteiger charge is -2.37. The van der Waals surface area contributed by atoms with Gasteiger partial charge >= 0.3 is 0 Å². The molecular formula is C17H25Cl2NO. The fourth-order valence-electron chi connectivity index (χ4n) is 3.02. The van der Waals surface area contributed by atoms with E-state index in [0.29, 0.717) is 27.8 Å². The van der Waals surface area contributed by atoms with Crippen LogP contribution >= 0.6 is 23.2 Å². The van der Waals surface area contributed by atoms with Crippen molar-refractivity contribution < 1.29 is 4.74 Å². The largest absolute Gasteiger partial charge is 0.381 e. The van der Waals surface area contributed by atoms with Gasteiger partial charge in [0.15, 0.2) is 0 Å². The zero-order valence-corrected chi connectivity index (χ0v) is 14.6. The molecule has 0 aliphatic carbocycles. The lowest BCUT2D eigenvalue weighted by molar-refractivity contribution is 0.0435. The zero-order chi connectivity index (χ0) is 15.4. The minimum absolute atomic E-state index is 0.503. The number of hydrogen-bond acceptors (Lipinski definition) is 2. The van der Waals surface area contributed by atoms with Gasteiger partial charge in [0.2, 0.25) is 0 Å². The molecule has 1 aliphatic heterocycles. The van der Waals surface area contributed by atoms with E-state index in [2.05, 4.69) is 31.9 Å². The molecule has 0 saturated carbocycles. The summed E-state index contributed by atoms with van der Waals surface area (Å²) in [6.45, 7) is 8.20. The summed E-state index contributed by atoms with van der Waals surface area (Å²) in [5.74, 6) is 1.60. The summed E-state index contributed by atoms with van der Waals surface area (Å²) in [4.78, 5) is 2.39. The molecule has 0 spiro atoms. The molecule has 0 unspecified atom stereocenters. The van der Waals surface area contributed by atoms with Crippen LogP contribution in [0.5, 0.6) is 0 Å². The van der Waals surface area contributed by atoms with E-state index in [1.807, 2.05) is 12.1 Å². The summed E-state index contributed by atoms with van der Waals surface area (Å²) in [5, 5.41) is 1.27. The highest BCUT2D eigenvalue weighted by atomic mass is 35.5. The second-order valence-electron chi connectivity index (χ2n) is 6.52. The monoisotopic (exact) mass is 329 g/mol. The summed E-state index contributed by atoms with van der Waals surface area (Å²) in [7, 11) is 2.18. The Labute approximate surface area is 138 Å². The maximum atomic E-state index is 6.18. The first-order chi connectivity index (χ1) is 9.97. The number of rotatable bonds is 5. The van der Waals surface area contributed by atoms with Crippen molar-refractivity contribution in [3.8, 4) is 0 Å². The molecule has 0 N–H and O–H groups in total. The van der Waals surface area contributed by atoms with Crippen molar-refractivity contribution in [1.29, 1.82) is 0 Å². The highest BCUT2D eigenvalue weighted by Crippen LogP contribution is 2.35. The molecule has 1 aromatic carbocycles. The molecule has 0 radical (unpaired) electrons. The molecule has 1 saturated heterocycles. The standard InChI is InChI=1S/C17H25Cl2NO/c1-12(2)10-21-11-14-9-20(3)7-6-15(14)13-4-5-16(18)17(19)8-13/h4-5,8,12,14-15H,6-7,9-11H2,1-3H3/t14-,15+/m1/s1. The molecule has 0 aromatic heterocycles. The van der Waals surface area contributed by atoms with Crippen molar-refractivity contribution in [3.05, 3.63) is 33.8 Å². The van der Waals surface area contributed by atoms with Gasteiger partial charge in [-0.3, -0.25) is 0 Å². The fourth-order valence-corrected chi connectivity index (χ4v) is 3.33. The van der Waals surface area contributed by atoms with Gasteiger partial charge in [-0.1, -0.05) is 43.1 Å². The van der Waals surface area contributed by atoms with Crippen molar-refractivity contribution in [1.82, 2.24) is 4.90 Å². The molecule has 1 aliphatic rings. The second kappa shape index (κ2) is 7.82. The maximum Gasteiger partial charge on any atom is 0.0595 e. The Morgan fingerprint density at radius 2 is 2.05 bits per heavy atom. The van der Waals surface area contributed by atoms with Crippen LogP contribution in [-0.4, -0.2) is 38.3 Å². The molecule has 1 heterocycles. The van der Waals surface area contributed by atoms with Crippen molar-refractivity contribution >= 4 is 23.2 Å². The van der Waals surface area contributed by atoms with Crippen molar-refractivity contribution in [2.75, 3.05) is 33.4 Å². The van der Waals surface area contributed by atoms with E-state index in [1.54, 1.807) is 0 Å². The Bertz CT molecular complexity index is 464. The summed E-state index contributed by atoms with van der Waals surface area (Å²) in [6.07, 6.45) is 1.14. The Hall–Kier alpha value is -0.280. The lowest BCUT2D eigenvalue weighted by Crippen LogP contribution is -2.39. The van der Waals surface area contributed by atoms with Crippen LogP contribution in [0.3, 0.4) is 0 Å². The average molecular weight is 330 g/mol. The molecule has 1 aromatic rings. The first kappa shape index (κ1) is 17.1. The summed E-state index contributed by atoms with van der Waals surface area (Å²) >= 11 is 12.2. The van der Waals surface area contributed by atoms with Crippen LogP contribution in [0.15, 0.2) is 18.2 Å². The summed E-state index contributed by atoms with van der Waals surface area (Å²) in [6, 6.07) is 6.04. The minimum Gasteiger partial charge on any atom is -0.381 e. The quantitative estimate of drug-likeness (QED) is 0.776. The molecule has 0 bridgehead atoms. The minimum atomic E-state index is 0.503. The molecule has 2 atom stereocenters. The molecule has 1 fully saturated rings. The van der Waals surface area contributed by atoms with Gasteiger partial charge in [0, 0.05) is 19.1 Å². The third-order valence-electron chi connectivity index (χ3n) is 4.09. The van der Waals surface area contributed by atoms with Crippen LogP contribution in [0.1, 0.15) is 31.7 Å². The van der Waals surface area contributed by atoms with Gasteiger partial charge in [0.05, 0.1) is 16.7 Å². The normalized spacial score (nSPS) is 23.7. The molecule has 21 heavy (non-hydrogen) atoms. The maximum absolute atomic E-state index is 6.18. The van der Waals surface area contributed by atoms with Crippen molar-refractivity contribution in [2.24, 2.45) is 11.8 Å². The van der Waals surface area contributed by atoms with Gasteiger partial charge in [0.1, 0.15) is 0 Å². The first-order valence-corrected chi connectivity index (χ1v) is 8.44. The third-order valence-corrected chi connectivity index (χ3v) is 4.83. The Balaban J connectivity index is 2.08. The van der Waals surface area contributed by atoms with Crippen LogP contribution in [0.4, 0.5) is 0 Å². The van der Waals surface area contributed by atoms with E-state index in [-0.39, 0.29) is 0 Å². The van der Waals surface area contributed by atoms with Gasteiger partial charge in [-0.05, 0) is 49.5 Å². The van der Waals surface area contributed by atoms with E-state index < -0.39 is 0 Å². The number of benzene rings is 1. The number of halogens is 2. The SMILES string of the molecule is CC(C)COC[C@H]1CN(C)CC[C@H]1c1ccc(Cl)c(Cl)c1. The van der Waals surface area contributed by atoms with Crippen molar-refractivity contribution in [2.45, 2.75) is 26.2 Å². The number of hydrogen-bond donors (Lipinski definition) is 0. The Morgan fingerprint density at radius 3 is 2.71 bits per heavy atom. The van der Waals surface area contributed by atoms with Crippen LogP contribution in [0.25, 0.3) is 0 Å². The van der Waals surface area contributed by atoms with Gasteiger partial charge in [-0.15, -0.1) is 0 Å². The predicted octanol–water partition coefficient (Wildman–Crippen LogP) is 4.70. The number of nitrogens with zero attached hydrogens (tertiary/aromatic N) is 1. The van der Waals surface area contributed by atoms with E-state index >= 15 is 0 Å². The summed E-state index contributed by atoms with van der Waals surface area (Å²) in [5.41, 5.74) is 1.29. The Morgan fingerprint density at radius 1 is 1.29 bits per heavy atom. The van der Waals surface area contributed by atoms with E-state index in [9.17, 15) is 0 Å². The number of piperidine rings is 1. The number of ether oxygens (including phenoxy) is 1. The van der Waals surface area contributed by atoms with Crippen LogP contribution < -0.4 is 0 Å². The molecular weight excluding hydrogens is 305 g/mol. The topological polar surface area (TPSA) is 12.5 Å². The van der Waals surface area contributed by atoms with E-state index in [1.165, 1.54) is 5.56 Å². The fraction of sp³-hybridized carbons (Fsp3) is 0.647. The highest BCUT2D eigenvalue weighted by Gasteiger charge is 2.29. The second-order valence-corrected chi connectivity index (χ2v) is 7.34. The van der Waals surface area contributed by atoms with Gasteiger partial charge in [-0.25, -0.2) is 0 Å². The summed E-state index contributed by atoms with van der Waals surface area (Å²) < 4.78 is 5.90. The van der Waals surface area contributed by atoms with Crippen molar-refractivity contribution in [3.63, 3.8) is 0 Å². The number of likely N-dealkylation sites (tertiary alicyclic amines) is 1. The van der Waals surface area contributed by atoms with Crippen LogP contribution in [0.2, 0.25) is 10.0 Å². The van der Waals surface area contributed by atoms with E-state index in [0.717, 1.165) is 32.7 Å². The average Bonchev–Trinajstić information content (AvgIpc) is 2.42. The van der Waals surface area contributed by atoms with Gasteiger partial charge < -0.3 is 9.64 Å². The zero-order valence-electron chi connectivity index (χ0n) is 13.1. The third kappa shape index (κ3) is 4.85. The first-order valence-electron chi connectivity index (χ1n) is 7.68. The van der Waals surface area contributed by atoms with Crippen LogP contribution in [0, 0.1) is 11.8 Å². The van der Waals surface area contributed by atoms with Gasteiger partial charge in [0.25, 0.3) is 0 Å².